The Hall–Kier alpha value is -4.41. The molecule has 3 unspecified atom stereocenters. The summed E-state index contributed by atoms with van der Waals surface area (Å²) < 4.78 is 11.1. The zero-order valence-electron chi connectivity index (χ0n) is 29.6. The Balaban J connectivity index is 2.71. The number of alkyl carbamates (subject to hydrolysis) is 1. The van der Waals surface area contributed by atoms with Crippen LogP contribution in [0.3, 0.4) is 0 Å². The third-order valence-electron chi connectivity index (χ3n) is 6.71. The highest BCUT2D eigenvalue weighted by atomic mass is 16.6. The molecule has 258 valence electrons. The number of hydrogen-bond acceptors (Lipinski definition) is 7. The first-order valence-electron chi connectivity index (χ1n) is 15.7. The first-order valence-corrected chi connectivity index (χ1v) is 15.7. The summed E-state index contributed by atoms with van der Waals surface area (Å²) in [6, 6.07) is 10.8. The van der Waals surface area contributed by atoms with Gasteiger partial charge in [0.15, 0.2) is 0 Å². The Kier molecular flexibility index (Phi) is 12.7. The van der Waals surface area contributed by atoms with Crippen molar-refractivity contribution in [2.75, 3.05) is 0 Å². The summed E-state index contributed by atoms with van der Waals surface area (Å²) in [5, 5.41) is 5.36. The summed E-state index contributed by atoms with van der Waals surface area (Å²) >= 11 is 0. The maximum Gasteiger partial charge on any atom is 0.408 e. The van der Waals surface area contributed by atoms with Gasteiger partial charge in [-0.3, -0.25) is 14.4 Å². The number of esters is 1. The van der Waals surface area contributed by atoms with Crippen molar-refractivity contribution in [1.82, 2.24) is 15.5 Å². The number of primary amides is 1. The number of carbonyl (C=O) groups excluding carboxylic acids is 5. The summed E-state index contributed by atoms with van der Waals surface area (Å²) in [6.07, 6.45) is -1.33. The van der Waals surface area contributed by atoms with Crippen LogP contribution >= 0.6 is 0 Å². The van der Waals surface area contributed by atoms with Crippen LogP contribution in [0.2, 0.25) is 0 Å². The molecule has 3 atom stereocenters. The molecule has 0 bridgehead atoms. The third kappa shape index (κ3) is 12.7. The normalized spacial score (nSPS) is 13.9. The molecule has 11 heteroatoms. The van der Waals surface area contributed by atoms with Crippen LogP contribution in [0.5, 0.6) is 0 Å². The van der Waals surface area contributed by atoms with Crippen molar-refractivity contribution >= 4 is 29.8 Å². The lowest BCUT2D eigenvalue weighted by Gasteiger charge is -2.43. The van der Waals surface area contributed by atoms with Gasteiger partial charge in [-0.1, -0.05) is 59.7 Å². The van der Waals surface area contributed by atoms with Crippen molar-refractivity contribution in [3.63, 3.8) is 0 Å². The highest BCUT2D eigenvalue weighted by Crippen LogP contribution is 2.32. The van der Waals surface area contributed by atoms with E-state index in [2.05, 4.69) is 10.6 Å². The van der Waals surface area contributed by atoms with Gasteiger partial charge in [0.1, 0.15) is 29.3 Å². The van der Waals surface area contributed by atoms with Gasteiger partial charge in [0, 0.05) is 12.0 Å². The van der Waals surface area contributed by atoms with E-state index in [1.165, 1.54) is 4.90 Å². The standard InChI is InChI=1S/C36H52N4O7/c1-22-17-23(2)19-25(18-22)29(30(42)38-27(32(44)46-35(6,7)8)20-24-15-13-12-14-16-24)40(34(3,4)5)31(43)26(21-28(37)41)39-33(45)47-36(9,10)11/h12-19,26-27,29H,20-21H2,1-11H3,(H2,37,41)(H,38,42)(H,39,45). The summed E-state index contributed by atoms with van der Waals surface area (Å²) in [4.78, 5) is 68.8. The molecule has 0 aliphatic rings. The zero-order chi connectivity index (χ0) is 35.9. The number of nitrogens with one attached hydrogen (secondary N) is 2. The first kappa shape index (κ1) is 38.8. The van der Waals surface area contributed by atoms with Crippen molar-refractivity contribution in [2.45, 2.75) is 124 Å². The molecule has 0 spiro atoms. The van der Waals surface area contributed by atoms with Crippen molar-refractivity contribution in [2.24, 2.45) is 5.73 Å². The second-order valence-electron chi connectivity index (χ2n) is 14.9. The fraction of sp³-hybridized carbons (Fsp3) is 0.528. The van der Waals surface area contributed by atoms with E-state index in [-0.39, 0.29) is 6.42 Å². The average Bonchev–Trinajstić information content (AvgIpc) is 2.87. The Bertz CT molecular complexity index is 1420. The molecule has 0 heterocycles. The van der Waals surface area contributed by atoms with Crippen LogP contribution in [0.15, 0.2) is 48.5 Å². The van der Waals surface area contributed by atoms with Crippen LogP contribution in [0.25, 0.3) is 0 Å². The van der Waals surface area contributed by atoms with E-state index in [1.807, 2.05) is 50.2 Å². The molecule has 0 aromatic heterocycles. The maximum absolute atomic E-state index is 14.6. The van der Waals surface area contributed by atoms with Gasteiger partial charge in [-0.05, 0) is 87.3 Å². The fourth-order valence-electron chi connectivity index (χ4n) is 5.12. The number of ether oxygens (including phenoxy) is 2. The minimum atomic E-state index is -1.45. The van der Waals surface area contributed by atoms with Gasteiger partial charge in [0.2, 0.25) is 17.7 Å². The largest absolute Gasteiger partial charge is 0.458 e. The molecule has 0 saturated heterocycles. The maximum atomic E-state index is 14.6. The van der Waals surface area contributed by atoms with Crippen molar-refractivity contribution in [1.29, 1.82) is 0 Å². The van der Waals surface area contributed by atoms with E-state index in [1.54, 1.807) is 74.4 Å². The Labute approximate surface area is 278 Å². The monoisotopic (exact) mass is 652 g/mol. The molecule has 11 nitrogen and oxygen atoms in total. The number of hydrogen-bond donors (Lipinski definition) is 3. The molecule has 4 N–H and O–H groups in total. The van der Waals surface area contributed by atoms with Crippen LogP contribution in [-0.4, -0.2) is 63.5 Å². The van der Waals surface area contributed by atoms with Gasteiger partial charge < -0.3 is 30.7 Å². The number of nitrogens with two attached hydrogens (primary N) is 1. The molecule has 0 aliphatic carbocycles. The zero-order valence-corrected chi connectivity index (χ0v) is 29.6. The lowest BCUT2D eigenvalue weighted by molar-refractivity contribution is -0.159. The van der Waals surface area contributed by atoms with E-state index < -0.39 is 71.1 Å². The van der Waals surface area contributed by atoms with Gasteiger partial charge >= 0.3 is 12.1 Å². The summed E-state index contributed by atoms with van der Waals surface area (Å²) in [6.45, 7) is 19.1. The van der Waals surface area contributed by atoms with E-state index in [4.69, 9.17) is 15.2 Å². The van der Waals surface area contributed by atoms with Crippen LogP contribution in [0, 0.1) is 13.8 Å². The van der Waals surface area contributed by atoms with Crippen LogP contribution < -0.4 is 16.4 Å². The molecule has 47 heavy (non-hydrogen) atoms. The van der Waals surface area contributed by atoms with Gasteiger partial charge in [0.05, 0.1) is 6.42 Å². The quantitative estimate of drug-likeness (QED) is 0.294. The number of benzene rings is 2. The smallest absolute Gasteiger partial charge is 0.408 e. The number of rotatable bonds is 11. The van der Waals surface area contributed by atoms with Crippen LogP contribution in [0.1, 0.15) is 97.0 Å². The molecule has 0 aliphatic heterocycles. The Morgan fingerprint density at radius 1 is 0.766 bits per heavy atom. The minimum absolute atomic E-state index is 0.134. The minimum Gasteiger partial charge on any atom is -0.458 e. The molecular weight excluding hydrogens is 600 g/mol. The molecule has 2 rings (SSSR count). The number of aryl methyl sites for hydroxylation is 2. The summed E-state index contributed by atoms with van der Waals surface area (Å²) in [5.41, 5.74) is 5.72. The van der Waals surface area contributed by atoms with E-state index >= 15 is 0 Å². The Morgan fingerprint density at radius 2 is 1.30 bits per heavy atom. The van der Waals surface area contributed by atoms with Gasteiger partial charge in [-0.15, -0.1) is 0 Å². The van der Waals surface area contributed by atoms with Crippen LogP contribution in [0.4, 0.5) is 4.79 Å². The second-order valence-corrected chi connectivity index (χ2v) is 14.9. The van der Waals surface area contributed by atoms with E-state index in [0.717, 1.165) is 16.7 Å². The van der Waals surface area contributed by atoms with Crippen molar-refractivity contribution in [3.05, 3.63) is 70.8 Å². The van der Waals surface area contributed by atoms with Crippen LogP contribution in [-0.2, 0) is 35.1 Å². The second kappa shape index (κ2) is 15.5. The number of carbonyl (C=O) groups is 5. The molecular formula is C36H52N4O7. The highest BCUT2D eigenvalue weighted by molar-refractivity contribution is 5.96. The highest BCUT2D eigenvalue weighted by Gasteiger charge is 2.43. The topological polar surface area (TPSA) is 157 Å². The first-order chi connectivity index (χ1) is 21.5. The molecule has 0 radical (unpaired) electrons. The molecule has 4 amide bonds. The van der Waals surface area contributed by atoms with E-state index in [0.29, 0.717) is 5.56 Å². The van der Waals surface area contributed by atoms with Crippen molar-refractivity contribution < 1.29 is 33.4 Å². The molecule has 2 aromatic rings. The van der Waals surface area contributed by atoms with Gasteiger partial charge in [0.25, 0.3) is 0 Å². The predicted molar refractivity (Wildman–Crippen MR) is 180 cm³/mol. The lowest BCUT2D eigenvalue weighted by Crippen LogP contribution is -2.60. The molecule has 2 aromatic carbocycles. The predicted octanol–water partition coefficient (Wildman–Crippen LogP) is 4.81. The van der Waals surface area contributed by atoms with Crippen molar-refractivity contribution in [3.8, 4) is 0 Å². The SMILES string of the molecule is Cc1cc(C)cc(C(C(=O)NC(Cc2ccccc2)C(=O)OC(C)(C)C)N(C(=O)C(CC(N)=O)NC(=O)OC(C)(C)C)C(C)(C)C)c1. The summed E-state index contributed by atoms with van der Waals surface area (Å²) in [5.74, 6) is -2.87. The number of amides is 4. The molecule has 0 fully saturated rings. The van der Waals surface area contributed by atoms with E-state index in [9.17, 15) is 24.0 Å². The lowest BCUT2D eigenvalue weighted by atomic mass is 9.92. The fourth-order valence-corrected chi connectivity index (χ4v) is 5.12. The molecule has 0 saturated carbocycles. The third-order valence-corrected chi connectivity index (χ3v) is 6.71. The van der Waals surface area contributed by atoms with Gasteiger partial charge in [-0.2, -0.15) is 0 Å². The van der Waals surface area contributed by atoms with Gasteiger partial charge in [-0.25, -0.2) is 9.59 Å². The number of nitrogens with zero attached hydrogens (tertiary/aromatic N) is 1. The Morgan fingerprint density at radius 3 is 1.77 bits per heavy atom. The summed E-state index contributed by atoms with van der Waals surface area (Å²) in [7, 11) is 0. The average molecular weight is 653 g/mol.